The van der Waals surface area contributed by atoms with Crippen molar-refractivity contribution < 1.29 is 14.3 Å². The van der Waals surface area contributed by atoms with Gasteiger partial charge in [-0.15, -0.1) is 11.8 Å². The van der Waals surface area contributed by atoms with Gasteiger partial charge < -0.3 is 15.2 Å². The first-order chi connectivity index (χ1) is 8.22. The van der Waals surface area contributed by atoms with Crippen LogP contribution in [0, 0.1) is 0 Å². The maximum Gasteiger partial charge on any atom is 0.315 e. The molecule has 0 aromatic heterocycles. The van der Waals surface area contributed by atoms with Crippen molar-refractivity contribution in [3.8, 4) is 5.75 Å². The van der Waals surface area contributed by atoms with Crippen molar-refractivity contribution in [3.63, 3.8) is 0 Å². The molecule has 0 radical (unpaired) electrons. The van der Waals surface area contributed by atoms with Gasteiger partial charge in [-0.2, -0.15) is 0 Å². The van der Waals surface area contributed by atoms with E-state index in [1.54, 1.807) is 13.0 Å². The molecule has 2 N–H and O–H groups in total. The van der Waals surface area contributed by atoms with Gasteiger partial charge in [0, 0.05) is 17.5 Å². The molecule has 1 rings (SSSR count). The minimum absolute atomic E-state index is 0.179. The normalized spacial score (nSPS) is 9.94. The molecule has 0 heterocycles. The lowest BCUT2D eigenvalue weighted by Gasteiger charge is -2.06. The van der Waals surface area contributed by atoms with E-state index >= 15 is 0 Å². The summed E-state index contributed by atoms with van der Waals surface area (Å²) in [6, 6.07) is 7.28. The zero-order valence-electron chi connectivity index (χ0n) is 9.85. The molecule has 0 spiro atoms. The molecular formula is C12H17NO3S. The molecule has 0 aliphatic heterocycles. The first kappa shape index (κ1) is 13.7. The van der Waals surface area contributed by atoms with Crippen molar-refractivity contribution in [2.75, 3.05) is 30.5 Å². The Bertz CT molecular complexity index is 357. The third-order valence-corrected chi connectivity index (χ3v) is 2.77. The highest BCUT2D eigenvalue weighted by atomic mass is 32.2. The molecular weight excluding hydrogens is 238 g/mol. The summed E-state index contributed by atoms with van der Waals surface area (Å²) in [4.78, 5) is 11.0. The second-order valence-electron chi connectivity index (χ2n) is 3.28. The number of ether oxygens (including phenoxy) is 2. The highest BCUT2D eigenvalue weighted by Crippen LogP contribution is 2.14. The van der Waals surface area contributed by atoms with Crippen LogP contribution in [0.25, 0.3) is 0 Å². The lowest BCUT2D eigenvalue weighted by Crippen LogP contribution is -2.09. The van der Waals surface area contributed by atoms with Gasteiger partial charge >= 0.3 is 5.97 Å². The zero-order chi connectivity index (χ0) is 12.5. The topological polar surface area (TPSA) is 61.5 Å². The quantitative estimate of drug-likeness (QED) is 0.458. The Hall–Kier alpha value is -1.36. The number of hydrogen-bond donors (Lipinski definition) is 1. The van der Waals surface area contributed by atoms with Gasteiger partial charge in [0.2, 0.25) is 0 Å². The van der Waals surface area contributed by atoms with Crippen LogP contribution in [-0.2, 0) is 9.53 Å². The standard InChI is InChI=1S/C12H17NO3S/c1-2-15-12(14)9-17-7-6-16-11-5-3-4-10(13)8-11/h3-5,8H,2,6-7,9,13H2,1H3. The van der Waals surface area contributed by atoms with Gasteiger partial charge in [-0.25, -0.2) is 0 Å². The second-order valence-corrected chi connectivity index (χ2v) is 4.38. The summed E-state index contributed by atoms with van der Waals surface area (Å²) in [7, 11) is 0. The number of hydrogen-bond acceptors (Lipinski definition) is 5. The number of nitrogen functional groups attached to an aromatic ring is 1. The number of benzene rings is 1. The molecule has 0 saturated heterocycles. The van der Waals surface area contributed by atoms with E-state index in [0.29, 0.717) is 24.7 Å². The number of nitrogens with two attached hydrogens (primary N) is 1. The van der Waals surface area contributed by atoms with E-state index in [-0.39, 0.29) is 5.97 Å². The minimum atomic E-state index is -0.179. The molecule has 1 aromatic rings. The van der Waals surface area contributed by atoms with E-state index in [4.69, 9.17) is 15.2 Å². The van der Waals surface area contributed by atoms with Gasteiger partial charge in [-0.1, -0.05) is 6.07 Å². The zero-order valence-corrected chi connectivity index (χ0v) is 10.7. The summed E-state index contributed by atoms with van der Waals surface area (Å²) in [6.07, 6.45) is 0. The molecule has 0 aliphatic carbocycles. The smallest absolute Gasteiger partial charge is 0.315 e. The summed E-state index contributed by atoms with van der Waals surface area (Å²) in [5.41, 5.74) is 6.30. The lowest BCUT2D eigenvalue weighted by atomic mass is 10.3. The van der Waals surface area contributed by atoms with Gasteiger partial charge in [0.05, 0.1) is 19.0 Å². The van der Waals surface area contributed by atoms with Crippen molar-refractivity contribution in [2.24, 2.45) is 0 Å². The van der Waals surface area contributed by atoms with Crippen LogP contribution >= 0.6 is 11.8 Å². The van der Waals surface area contributed by atoms with Crippen molar-refractivity contribution in [1.82, 2.24) is 0 Å². The van der Waals surface area contributed by atoms with Gasteiger partial charge in [0.25, 0.3) is 0 Å². The maximum absolute atomic E-state index is 11.0. The largest absolute Gasteiger partial charge is 0.493 e. The minimum Gasteiger partial charge on any atom is -0.493 e. The first-order valence-electron chi connectivity index (χ1n) is 5.44. The van der Waals surface area contributed by atoms with Crippen LogP contribution in [0.15, 0.2) is 24.3 Å². The fourth-order valence-corrected chi connectivity index (χ4v) is 1.78. The number of carbonyl (C=O) groups excluding carboxylic acids is 1. The van der Waals surface area contributed by atoms with Crippen LogP contribution < -0.4 is 10.5 Å². The fraction of sp³-hybridized carbons (Fsp3) is 0.417. The Kier molecular flexibility index (Phi) is 6.32. The monoisotopic (exact) mass is 255 g/mol. The number of thioether (sulfide) groups is 1. The Labute approximate surface area is 105 Å². The predicted molar refractivity (Wildman–Crippen MR) is 70.3 cm³/mol. The van der Waals surface area contributed by atoms with E-state index in [9.17, 15) is 4.79 Å². The molecule has 0 saturated carbocycles. The fourth-order valence-electron chi connectivity index (χ4n) is 1.18. The van der Waals surface area contributed by atoms with Gasteiger partial charge in [-0.05, 0) is 19.1 Å². The summed E-state index contributed by atoms with van der Waals surface area (Å²) in [6.45, 7) is 2.78. The van der Waals surface area contributed by atoms with E-state index < -0.39 is 0 Å². The van der Waals surface area contributed by atoms with Gasteiger partial charge in [0.15, 0.2) is 0 Å². The van der Waals surface area contributed by atoms with Crippen LogP contribution in [-0.4, -0.2) is 30.7 Å². The van der Waals surface area contributed by atoms with E-state index in [0.717, 1.165) is 11.5 Å². The van der Waals surface area contributed by atoms with E-state index in [1.807, 2.05) is 18.2 Å². The molecule has 0 bridgehead atoms. The van der Waals surface area contributed by atoms with Crippen molar-refractivity contribution in [1.29, 1.82) is 0 Å². The molecule has 1 aromatic carbocycles. The SMILES string of the molecule is CCOC(=O)CSCCOc1cccc(N)c1. The summed E-state index contributed by atoms with van der Waals surface area (Å²) in [5, 5.41) is 0. The van der Waals surface area contributed by atoms with Gasteiger partial charge in [-0.3, -0.25) is 4.79 Å². The van der Waals surface area contributed by atoms with Crippen molar-refractivity contribution >= 4 is 23.4 Å². The number of esters is 1. The van der Waals surface area contributed by atoms with Crippen LogP contribution in [0.4, 0.5) is 5.69 Å². The maximum atomic E-state index is 11.0. The molecule has 0 aliphatic rings. The molecule has 0 unspecified atom stereocenters. The third-order valence-electron chi connectivity index (χ3n) is 1.88. The van der Waals surface area contributed by atoms with Crippen LogP contribution in [0.3, 0.4) is 0 Å². The molecule has 0 amide bonds. The molecule has 17 heavy (non-hydrogen) atoms. The molecule has 5 heteroatoms. The van der Waals surface area contributed by atoms with Crippen LogP contribution in [0.1, 0.15) is 6.92 Å². The highest BCUT2D eigenvalue weighted by molar-refractivity contribution is 7.99. The predicted octanol–water partition coefficient (Wildman–Crippen LogP) is 1.94. The second kappa shape index (κ2) is 7.84. The Balaban J connectivity index is 2.10. The lowest BCUT2D eigenvalue weighted by molar-refractivity contribution is -0.139. The average Bonchev–Trinajstić information content (AvgIpc) is 2.29. The van der Waals surface area contributed by atoms with Crippen molar-refractivity contribution in [3.05, 3.63) is 24.3 Å². The first-order valence-corrected chi connectivity index (χ1v) is 6.59. The Morgan fingerprint density at radius 3 is 3.00 bits per heavy atom. The number of rotatable bonds is 7. The Morgan fingerprint density at radius 2 is 2.29 bits per heavy atom. The molecule has 4 nitrogen and oxygen atoms in total. The Morgan fingerprint density at radius 1 is 1.47 bits per heavy atom. The summed E-state index contributed by atoms with van der Waals surface area (Å²) in [5.74, 6) is 1.69. The van der Waals surface area contributed by atoms with E-state index in [1.165, 1.54) is 11.8 Å². The molecule has 0 atom stereocenters. The molecule has 0 fully saturated rings. The van der Waals surface area contributed by atoms with Crippen LogP contribution in [0.5, 0.6) is 5.75 Å². The third kappa shape index (κ3) is 6.06. The number of carbonyl (C=O) groups is 1. The van der Waals surface area contributed by atoms with E-state index in [2.05, 4.69) is 0 Å². The van der Waals surface area contributed by atoms with Crippen molar-refractivity contribution in [2.45, 2.75) is 6.92 Å². The summed E-state index contributed by atoms with van der Waals surface area (Å²) < 4.78 is 10.3. The van der Waals surface area contributed by atoms with Crippen LogP contribution in [0.2, 0.25) is 0 Å². The molecule has 94 valence electrons. The number of anilines is 1. The van der Waals surface area contributed by atoms with Gasteiger partial charge in [0.1, 0.15) is 5.75 Å². The highest BCUT2D eigenvalue weighted by Gasteiger charge is 2.01. The summed E-state index contributed by atoms with van der Waals surface area (Å²) >= 11 is 1.49. The average molecular weight is 255 g/mol.